The fourth-order valence-electron chi connectivity index (χ4n) is 6.46. The van der Waals surface area contributed by atoms with Crippen LogP contribution in [0.25, 0.3) is 10.9 Å². The Labute approximate surface area is 210 Å². The Balaban J connectivity index is 1.59. The maximum atomic E-state index is 14.0. The lowest BCUT2D eigenvalue weighted by atomic mass is 9.71. The van der Waals surface area contributed by atoms with Crippen LogP contribution < -0.4 is 0 Å². The lowest BCUT2D eigenvalue weighted by Gasteiger charge is -2.58. The zero-order valence-electron chi connectivity index (χ0n) is 19.9. The number of para-hydroxylation sites is 1. The number of halogens is 6. The van der Waals surface area contributed by atoms with Gasteiger partial charge < -0.3 is 9.59 Å². The lowest BCUT2D eigenvalue weighted by molar-refractivity contribution is -0.985. The zero-order chi connectivity index (χ0) is 26.6. The molecule has 1 N–H and O–H groups in total. The molecular formula is C28H27F6N2O+. The second-order valence-electron chi connectivity index (χ2n) is 10.3. The number of piperidine rings is 3. The van der Waals surface area contributed by atoms with Gasteiger partial charge in [-0.15, -0.1) is 6.58 Å². The van der Waals surface area contributed by atoms with E-state index in [0.717, 1.165) is 17.9 Å². The Morgan fingerprint density at radius 1 is 1.05 bits per heavy atom. The normalized spacial score (nSPS) is 26.8. The van der Waals surface area contributed by atoms with Crippen molar-refractivity contribution in [2.24, 2.45) is 11.8 Å². The van der Waals surface area contributed by atoms with E-state index in [1.807, 2.05) is 30.3 Å². The summed E-state index contributed by atoms with van der Waals surface area (Å²) in [6.07, 6.45) is -6.06. The van der Waals surface area contributed by atoms with E-state index in [4.69, 9.17) is 0 Å². The molecule has 0 spiro atoms. The molecule has 0 amide bonds. The number of hydrogen-bond donors (Lipinski definition) is 1. The van der Waals surface area contributed by atoms with Crippen molar-refractivity contribution in [2.75, 3.05) is 13.1 Å². The summed E-state index contributed by atoms with van der Waals surface area (Å²) in [7, 11) is 0. The average Bonchev–Trinajstić information content (AvgIpc) is 2.86. The molecule has 3 saturated heterocycles. The molecule has 2 aromatic carbocycles. The van der Waals surface area contributed by atoms with E-state index in [9.17, 15) is 31.4 Å². The van der Waals surface area contributed by atoms with Crippen LogP contribution in [0.3, 0.4) is 0 Å². The fourth-order valence-corrected chi connectivity index (χ4v) is 6.46. The van der Waals surface area contributed by atoms with Gasteiger partial charge >= 0.3 is 12.4 Å². The number of aliphatic hydroxyl groups is 1. The van der Waals surface area contributed by atoms with Gasteiger partial charge in [-0.25, -0.2) is 0 Å². The monoisotopic (exact) mass is 521 g/mol. The Morgan fingerprint density at radius 3 is 2.51 bits per heavy atom. The van der Waals surface area contributed by atoms with Crippen LogP contribution in [0.1, 0.15) is 41.2 Å². The highest BCUT2D eigenvalue weighted by atomic mass is 19.4. The van der Waals surface area contributed by atoms with Crippen LogP contribution in [0.5, 0.6) is 0 Å². The maximum Gasteiger partial charge on any atom is 0.416 e. The first kappa shape index (κ1) is 25.7. The summed E-state index contributed by atoms with van der Waals surface area (Å²) in [6, 6.07) is 10.5. The van der Waals surface area contributed by atoms with Gasteiger partial charge in [0.1, 0.15) is 18.7 Å². The van der Waals surface area contributed by atoms with Gasteiger partial charge in [0.15, 0.2) is 0 Å². The fraction of sp³-hybridized carbons (Fsp3) is 0.393. The molecule has 37 heavy (non-hydrogen) atoms. The summed E-state index contributed by atoms with van der Waals surface area (Å²) in [4.78, 5) is 4.35. The van der Waals surface area contributed by atoms with E-state index < -0.39 is 35.6 Å². The van der Waals surface area contributed by atoms with Crippen molar-refractivity contribution in [1.82, 2.24) is 4.98 Å². The summed E-state index contributed by atoms with van der Waals surface area (Å²) in [6.45, 7) is 4.79. The van der Waals surface area contributed by atoms with Crippen LogP contribution in [0.15, 0.2) is 67.4 Å². The van der Waals surface area contributed by atoms with E-state index in [1.165, 1.54) is 0 Å². The standard InChI is InChI=1S/C28H27F6N2O/c1-2-17-15-36(16-19-7-8-20(27(29,30)31)14-23(19)28(32,33)34)12-10-18(17)13-25(36)26(37)22-9-11-35-24-6-4-3-5-21(22)24/h2-9,11,14,17-18,25-26,37H,1,10,12-13,15-16H2/q+1/t17-,18-,25-,26+,36?/m0/s1. The molecule has 3 aromatic rings. The smallest absolute Gasteiger partial charge is 0.382 e. The minimum absolute atomic E-state index is 0.0511. The third-order valence-electron chi connectivity index (χ3n) is 8.27. The lowest BCUT2D eigenvalue weighted by Crippen LogP contribution is -2.67. The van der Waals surface area contributed by atoms with Crippen molar-refractivity contribution in [1.29, 1.82) is 0 Å². The number of rotatable bonds is 5. The van der Waals surface area contributed by atoms with Gasteiger partial charge in [0, 0.05) is 35.9 Å². The first-order valence-electron chi connectivity index (χ1n) is 12.2. The van der Waals surface area contributed by atoms with Crippen molar-refractivity contribution in [3.05, 3.63) is 89.6 Å². The van der Waals surface area contributed by atoms with Gasteiger partial charge in [0.2, 0.25) is 0 Å². The van der Waals surface area contributed by atoms with Gasteiger partial charge in [-0.2, -0.15) is 26.3 Å². The largest absolute Gasteiger partial charge is 0.416 e. The van der Waals surface area contributed by atoms with Crippen molar-refractivity contribution in [3.63, 3.8) is 0 Å². The number of aliphatic hydroxyl groups excluding tert-OH is 1. The molecule has 9 heteroatoms. The Morgan fingerprint density at radius 2 is 1.81 bits per heavy atom. The van der Waals surface area contributed by atoms with Gasteiger partial charge in [0.25, 0.3) is 0 Å². The number of hydrogen-bond acceptors (Lipinski definition) is 2. The van der Waals surface area contributed by atoms with E-state index in [1.54, 1.807) is 12.3 Å². The second kappa shape index (κ2) is 9.13. The Bertz CT molecular complexity index is 1310. The predicted octanol–water partition coefficient (Wildman–Crippen LogP) is 6.92. The molecule has 0 aliphatic carbocycles. The van der Waals surface area contributed by atoms with Crippen molar-refractivity contribution < 1.29 is 35.9 Å². The molecule has 6 rings (SSSR count). The number of aromatic nitrogens is 1. The van der Waals surface area contributed by atoms with Crippen LogP contribution in [-0.4, -0.2) is 33.7 Å². The highest BCUT2D eigenvalue weighted by Gasteiger charge is 2.54. The number of benzene rings is 2. The molecule has 0 saturated carbocycles. The van der Waals surface area contributed by atoms with Crippen LogP contribution in [0, 0.1) is 11.8 Å². The molecular weight excluding hydrogens is 494 g/mol. The van der Waals surface area contributed by atoms with Gasteiger partial charge in [0.05, 0.1) is 29.7 Å². The van der Waals surface area contributed by atoms with E-state index in [-0.39, 0.29) is 34.5 Å². The Hall–Kier alpha value is -2.91. The number of pyridine rings is 1. The highest BCUT2D eigenvalue weighted by Crippen LogP contribution is 2.49. The van der Waals surface area contributed by atoms with Gasteiger partial charge in [-0.3, -0.25) is 4.98 Å². The van der Waals surface area contributed by atoms with Gasteiger partial charge in [-0.1, -0.05) is 30.3 Å². The minimum atomic E-state index is -4.95. The van der Waals surface area contributed by atoms with E-state index in [2.05, 4.69) is 11.6 Å². The SMILES string of the molecule is C=C[C@H]1C[N+]2(Cc3ccc(C(F)(F)F)cc3C(F)(F)F)CC[C@H]1C[C@H]2[C@H](O)c1ccnc2ccccc12. The molecule has 1 unspecified atom stereocenters. The first-order valence-corrected chi connectivity index (χ1v) is 12.2. The summed E-state index contributed by atoms with van der Waals surface area (Å²) >= 11 is 0. The average molecular weight is 522 g/mol. The summed E-state index contributed by atoms with van der Waals surface area (Å²) < 4.78 is 81.9. The Kier molecular flexibility index (Phi) is 6.35. The van der Waals surface area contributed by atoms with E-state index >= 15 is 0 Å². The van der Waals surface area contributed by atoms with Crippen LogP contribution in [-0.2, 0) is 18.9 Å². The minimum Gasteiger partial charge on any atom is -0.382 e. The number of nitrogens with zero attached hydrogens (tertiary/aromatic N) is 2. The summed E-state index contributed by atoms with van der Waals surface area (Å²) in [5.74, 6) is 0.287. The molecule has 4 heterocycles. The number of fused-ring (bicyclic) bond motifs is 4. The summed E-state index contributed by atoms with van der Waals surface area (Å²) in [5.41, 5.74) is -1.45. The zero-order valence-corrected chi connectivity index (χ0v) is 19.9. The summed E-state index contributed by atoms with van der Waals surface area (Å²) in [5, 5.41) is 12.5. The predicted molar refractivity (Wildman–Crippen MR) is 127 cm³/mol. The highest BCUT2D eigenvalue weighted by molar-refractivity contribution is 5.82. The molecule has 3 aliphatic heterocycles. The molecule has 3 aliphatic rings. The van der Waals surface area contributed by atoms with Crippen molar-refractivity contribution in [2.45, 2.75) is 43.9 Å². The van der Waals surface area contributed by atoms with Crippen LogP contribution in [0.4, 0.5) is 26.3 Å². The first-order chi connectivity index (χ1) is 17.4. The quantitative estimate of drug-likeness (QED) is 0.225. The maximum absolute atomic E-state index is 14.0. The van der Waals surface area contributed by atoms with Crippen LogP contribution >= 0.6 is 0 Å². The second-order valence-corrected chi connectivity index (χ2v) is 10.3. The molecule has 5 atom stereocenters. The molecule has 3 fully saturated rings. The van der Waals surface area contributed by atoms with Crippen molar-refractivity contribution in [3.8, 4) is 0 Å². The van der Waals surface area contributed by atoms with E-state index in [0.29, 0.717) is 36.7 Å². The third kappa shape index (κ3) is 4.63. The molecule has 196 valence electrons. The topological polar surface area (TPSA) is 33.1 Å². The molecule has 1 aromatic heterocycles. The number of quaternary nitrogens is 1. The molecule has 0 radical (unpaired) electrons. The number of alkyl halides is 6. The van der Waals surface area contributed by atoms with Crippen molar-refractivity contribution >= 4 is 10.9 Å². The third-order valence-corrected chi connectivity index (χ3v) is 8.27. The molecule has 2 bridgehead atoms. The van der Waals surface area contributed by atoms with Gasteiger partial charge in [-0.05, 0) is 35.7 Å². The molecule has 3 nitrogen and oxygen atoms in total. The van der Waals surface area contributed by atoms with Crippen LogP contribution in [0.2, 0.25) is 0 Å².